The summed E-state index contributed by atoms with van der Waals surface area (Å²) >= 11 is 6.98. The minimum absolute atomic E-state index is 0.217. The van der Waals surface area contributed by atoms with Gasteiger partial charge in [-0.2, -0.15) is 0 Å². The van der Waals surface area contributed by atoms with Crippen molar-refractivity contribution in [3.05, 3.63) is 35.6 Å². The monoisotopic (exact) mass is 231 g/mol. The molecule has 0 bridgehead atoms. The summed E-state index contributed by atoms with van der Waals surface area (Å²) < 4.78 is 12.3. The average Bonchev–Trinajstić information content (AvgIpc) is 2.47. The van der Waals surface area contributed by atoms with Gasteiger partial charge in [0.2, 0.25) is 5.91 Å². The lowest BCUT2D eigenvalue weighted by molar-refractivity contribution is -0.118. The molecule has 0 spiro atoms. The Labute approximate surface area is 89.8 Å². The zero-order valence-electron chi connectivity index (χ0n) is 7.04. The second-order valence-corrected chi connectivity index (χ2v) is 4.81. The predicted molar refractivity (Wildman–Crippen MR) is 54.5 cm³/mol. The minimum Gasteiger partial charge on any atom is -0.338 e. The predicted octanol–water partition coefficient (Wildman–Crippen LogP) is 2.25. The first-order chi connectivity index (χ1) is 6.66. The highest BCUT2D eigenvalue weighted by Gasteiger charge is 2.31. The lowest BCUT2D eigenvalue weighted by Crippen LogP contribution is -2.21. The van der Waals surface area contributed by atoms with Crippen molar-refractivity contribution in [1.29, 1.82) is 0 Å². The van der Waals surface area contributed by atoms with Crippen LogP contribution in [0.1, 0.15) is 10.9 Å². The summed E-state index contributed by atoms with van der Waals surface area (Å²) in [5.74, 6) is -0.527. The van der Waals surface area contributed by atoms with Crippen LogP contribution in [-0.2, 0) is 4.79 Å². The third-order valence-corrected chi connectivity index (χ3v) is 3.51. The lowest BCUT2D eigenvalue weighted by atomic mass is 10.2. The molecular weight excluding hydrogens is 225 g/mol. The Bertz CT molecular complexity index is 374. The van der Waals surface area contributed by atoms with Crippen LogP contribution in [0.5, 0.6) is 0 Å². The fourth-order valence-corrected chi connectivity index (χ4v) is 2.53. The van der Waals surface area contributed by atoms with E-state index in [9.17, 15) is 9.18 Å². The van der Waals surface area contributed by atoms with Gasteiger partial charge < -0.3 is 5.32 Å². The largest absolute Gasteiger partial charge is 0.338 e. The molecule has 0 aromatic heterocycles. The Hall–Kier alpha value is -0.740. The molecule has 2 rings (SSSR count). The van der Waals surface area contributed by atoms with Crippen molar-refractivity contribution in [3.8, 4) is 0 Å². The zero-order chi connectivity index (χ0) is 10.1. The molecule has 2 nitrogen and oxygen atoms in total. The van der Waals surface area contributed by atoms with E-state index in [4.69, 9.17) is 11.6 Å². The standard InChI is InChI=1S/C9H7ClFNOS/c10-7-8(13)12-9(14-7)5-2-1-3-6(11)4-5/h1-4,7,9H,(H,12,13). The summed E-state index contributed by atoms with van der Waals surface area (Å²) in [5, 5.41) is 2.44. The van der Waals surface area contributed by atoms with Gasteiger partial charge in [-0.15, -0.1) is 23.4 Å². The fraction of sp³-hybridized carbons (Fsp3) is 0.222. The van der Waals surface area contributed by atoms with Crippen LogP contribution in [0.4, 0.5) is 4.39 Å². The number of hydrogen-bond donors (Lipinski definition) is 1. The van der Waals surface area contributed by atoms with Crippen molar-refractivity contribution in [3.63, 3.8) is 0 Å². The molecule has 14 heavy (non-hydrogen) atoms. The molecule has 2 unspecified atom stereocenters. The van der Waals surface area contributed by atoms with Crippen LogP contribution < -0.4 is 5.32 Å². The Morgan fingerprint density at radius 3 is 2.86 bits per heavy atom. The third-order valence-electron chi connectivity index (χ3n) is 1.89. The summed E-state index contributed by atoms with van der Waals surface area (Å²) in [6.07, 6.45) is 0. The molecule has 1 aliphatic rings. The second-order valence-electron chi connectivity index (χ2n) is 2.90. The fourth-order valence-electron chi connectivity index (χ4n) is 1.24. The summed E-state index contributed by atoms with van der Waals surface area (Å²) in [7, 11) is 0. The molecule has 5 heteroatoms. The van der Waals surface area contributed by atoms with Gasteiger partial charge in [-0.05, 0) is 17.7 Å². The first-order valence-corrected chi connectivity index (χ1v) is 5.40. The molecule has 0 saturated carbocycles. The van der Waals surface area contributed by atoms with Crippen LogP contribution in [-0.4, -0.2) is 10.6 Å². The summed E-state index contributed by atoms with van der Waals surface area (Å²) in [5.41, 5.74) is 0.728. The number of carbonyl (C=O) groups is 1. The maximum atomic E-state index is 12.9. The lowest BCUT2D eigenvalue weighted by Gasteiger charge is -2.08. The summed E-state index contributed by atoms with van der Waals surface area (Å²) in [6.45, 7) is 0. The highest BCUT2D eigenvalue weighted by atomic mass is 35.5. The normalized spacial score (nSPS) is 26.3. The molecule has 1 heterocycles. The molecule has 1 aromatic rings. The first kappa shape index (κ1) is 9.80. The van der Waals surface area contributed by atoms with Gasteiger partial charge in [-0.1, -0.05) is 12.1 Å². The van der Waals surface area contributed by atoms with Gasteiger partial charge in [0.1, 0.15) is 11.2 Å². The Morgan fingerprint density at radius 2 is 2.29 bits per heavy atom. The van der Waals surface area contributed by atoms with Gasteiger partial charge in [0, 0.05) is 0 Å². The van der Waals surface area contributed by atoms with Crippen molar-refractivity contribution in [2.75, 3.05) is 0 Å². The molecule has 1 aromatic carbocycles. The van der Waals surface area contributed by atoms with Gasteiger partial charge in [0.05, 0.1) is 0 Å². The van der Waals surface area contributed by atoms with Crippen LogP contribution in [0.2, 0.25) is 0 Å². The van der Waals surface area contributed by atoms with Crippen LogP contribution in [0.25, 0.3) is 0 Å². The first-order valence-electron chi connectivity index (χ1n) is 4.02. The Kier molecular flexibility index (Phi) is 2.65. The van der Waals surface area contributed by atoms with E-state index < -0.39 is 4.71 Å². The number of amides is 1. The Morgan fingerprint density at radius 1 is 1.50 bits per heavy atom. The number of benzene rings is 1. The molecule has 1 aliphatic heterocycles. The van der Waals surface area contributed by atoms with Gasteiger partial charge in [-0.25, -0.2) is 4.39 Å². The van der Waals surface area contributed by atoms with Crippen molar-refractivity contribution < 1.29 is 9.18 Å². The molecule has 0 radical (unpaired) electrons. The third kappa shape index (κ3) is 1.86. The number of alkyl halides is 1. The van der Waals surface area contributed by atoms with E-state index in [0.717, 1.165) is 5.56 Å². The maximum Gasteiger partial charge on any atom is 0.249 e. The minimum atomic E-state index is -0.580. The molecular formula is C9H7ClFNOS. The number of rotatable bonds is 1. The van der Waals surface area contributed by atoms with Crippen LogP contribution >= 0.6 is 23.4 Å². The van der Waals surface area contributed by atoms with E-state index in [1.54, 1.807) is 12.1 Å². The molecule has 1 fully saturated rings. The number of thioether (sulfide) groups is 1. The number of carbonyl (C=O) groups excluding carboxylic acids is 1. The van der Waals surface area contributed by atoms with Gasteiger partial charge in [0.25, 0.3) is 0 Å². The molecule has 0 aliphatic carbocycles. The molecule has 74 valence electrons. The average molecular weight is 232 g/mol. The second kappa shape index (κ2) is 3.79. The molecule has 1 saturated heterocycles. The van der Waals surface area contributed by atoms with Crippen molar-refractivity contribution >= 4 is 29.3 Å². The number of hydrogen-bond acceptors (Lipinski definition) is 2. The van der Waals surface area contributed by atoms with Gasteiger partial charge in [0.15, 0.2) is 4.71 Å². The van der Waals surface area contributed by atoms with Gasteiger partial charge >= 0.3 is 0 Å². The topological polar surface area (TPSA) is 29.1 Å². The molecule has 2 atom stereocenters. The maximum absolute atomic E-state index is 12.9. The van der Waals surface area contributed by atoms with Crippen LogP contribution in [0, 0.1) is 5.82 Å². The Balaban J connectivity index is 2.21. The van der Waals surface area contributed by atoms with Crippen molar-refractivity contribution in [2.45, 2.75) is 10.1 Å². The summed E-state index contributed by atoms with van der Waals surface area (Å²) in [4.78, 5) is 11.1. The van der Waals surface area contributed by atoms with Gasteiger partial charge in [-0.3, -0.25) is 4.79 Å². The highest BCUT2D eigenvalue weighted by molar-refractivity contribution is 8.02. The molecule has 1 N–H and O–H groups in total. The highest BCUT2D eigenvalue weighted by Crippen LogP contribution is 2.37. The van der Waals surface area contributed by atoms with E-state index in [0.29, 0.717) is 0 Å². The van der Waals surface area contributed by atoms with E-state index in [2.05, 4.69) is 5.32 Å². The van der Waals surface area contributed by atoms with E-state index in [-0.39, 0.29) is 17.1 Å². The van der Waals surface area contributed by atoms with E-state index in [1.807, 2.05) is 0 Å². The zero-order valence-corrected chi connectivity index (χ0v) is 8.61. The number of halogens is 2. The van der Waals surface area contributed by atoms with Crippen LogP contribution in [0.3, 0.4) is 0 Å². The van der Waals surface area contributed by atoms with Crippen molar-refractivity contribution in [2.24, 2.45) is 0 Å². The SMILES string of the molecule is O=C1NC(c2cccc(F)c2)SC1Cl. The number of nitrogens with one attached hydrogen (secondary N) is 1. The quantitative estimate of drug-likeness (QED) is 0.752. The smallest absolute Gasteiger partial charge is 0.249 e. The molecule has 1 amide bonds. The van der Waals surface area contributed by atoms with E-state index >= 15 is 0 Å². The van der Waals surface area contributed by atoms with Crippen molar-refractivity contribution in [1.82, 2.24) is 5.32 Å². The van der Waals surface area contributed by atoms with Crippen LogP contribution in [0.15, 0.2) is 24.3 Å². The van der Waals surface area contributed by atoms with E-state index in [1.165, 1.54) is 23.9 Å². The summed E-state index contributed by atoms with van der Waals surface area (Å²) in [6, 6.07) is 6.13.